The van der Waals surface area contributed by atoms with Crippen molar-refractivity contribution in [1.29, 1.82) is 0 Å². The molecule has 0 heterocycles. The van der Waals surface area contributed by atoms with Gasteiger partial charge in [-0.1, -0.05) is 12.1 Å². The third kappa shape index (κ3) is 3.70. The minimum atomic E-state index is -4.11. The maximum absolute atomic E-state index is 12.2. The summed E-state index contributed by atoms with van der Waals surface area (Å²) >= 11 is 2.03. The number of benzene rings is 2. The topological polar surface area (TPSA) is 86.5 Å². The van der Waals surface area contributed by atoms with Gasteiger partial charge in [-0.05, 0) is 53.8 Å². The molecular weight excluding hydrogens is 409 g/mol. The number of nitro benzene ring substituents is 1. The number of rotatable bonds is 4. The smallest absolute Gasteiger partial charge is 0.339 e. The van der Waals surface area contributed by atoms with Crippen molar-refractivity contribution in [1.82, 2.24) is 0 Å². The molecule has 6 nitrogen and oxygen atoms in total. The van der Waals surface area contributed by atoms with E-state index in [-0.39, 0.29) is 16.3 Å². The Morgan fingerprint density at radius 2 is 1.90 bits per heavy atom. The Hall–Kier alpha value is -1.68. The first-order chi connectivity index (χ1) is 9.79. The van der Waals surface area contributed by atoms with E-state index in [2.05, 4.69) is 0 Å². The van der Waals surface area contributed by atoms with Crippen molar-refractivity contribution in [3.8, 4) is 5.75 Å². The molecule has 0 fully saturated rings. The lowest BCUT2D eigenvalue weighted by atomic mass is 10.2. The molecule has 8 heteroatoms. The summed E-state index contributed by atoms with van der Waals surface area (Å²) in [6.07, 6.45) is 0. The van der Waals surface area contributed by atoms with Crippen molar-refractivity contribution >= 4 is 38.4 Å². The average molecular weight is 419 g/mol. The summed E-state index contributed by atoms with van der Waals surface area (Å²) in [6.45, 7) is 1.54. The molecular formula is C13H10INO5S. The molecule has 0 aromatic heterocycles. The molecule has 0 saturated carbocycles. The first kappa shape index (κ1) is 15.7. The molecule has 0 spiro atoms. The van der Waals surface area contributed by atoms with Crippen LogP contribution in [0.25, 0.3) is 0 Å². The maximum atomic E-state index is 12.2. The van der Waals surface area contributed by atoms with E-state index >= 15 is 0 Å². The highest BCUT2D eigenvalue weighted by molar-refractivity contribution is 14.1. The number of hydrogen-bond donors (Lipinski definition) is 0. The fourth-order valence-corrected chi connectivity index (χ4v) is 3.09. The number of aryl methyl sites for hydroxylation is 1. The minimum absolute atomic E-state index is 0.158. The number of nitro groups is 1. The zero-order valence-electron chi connectivity index (χ0n) is 10.8. The number of hydrogen-bond acceptors (Lipinski definition) is 5. The van der Waals surface area contributed by atoms with E-state index in [4.69, 9.17) is 4.18 Å². The van der Waals surface area contributed by atoms with Crippen LogP contribution in [0.2, 0.25) is 0 Å². The van der Waals surface area contributed by atoms with Crippen LogP contribution in [-0.4, -0.2) is 13.3 Å². The lowest BCUT2D eigenvalue weighted by Gasteiger charge is -2.07. The monoisotopic (exact) mass is 419 g/mol. The first-order valence-corrected chi connectivity index (χ1v) is 8.23. The van der Waals surface area contributed by atoms with Crippen molar-refractivity contribution in [2.24, 2.45) is 0 Å². The molecule has 0 radical (unpaired) electrons. The van der Waals surface area contributed by atoms with Gasteiger partial charge in [-0.2, -0.15) is 8.42 Å². The SMILES string of the molecule is Cc1ccc(S(=O)(=O)Oc2cccc(I)c2)cc1[N+](=O)[O-]. The summed E-state index contributed by atoms with van der Waals surface area (Å²) in [5.74, 6) is 0.158. The van der Waals surface area contributed by atoms with Gasteiger partial charge in [-0.15, -0.1) is 0 Å². The van der Waals surface area contributed by atoms with Crippen molar-refractivity contribution in [2.75, 3.05) is 0 Å². The normalized spacial score (nSPS) is 11.1. The number of nitrogens with zero attached hydrogens (tertiary/aromatic N) is 1. The van der Waals surface area contributed by atoms with Gasteiger partial charge >= 0.3 is 10.1 Å². The highest BCUT2D eigenvalue weighted by atomic mass is 127. The Morgan fingerprint density at radius 3 is 2.52 bits per heavy atom. The van der Waals surface area contributed by atoms with E-state index in [0.29, 0.717) is 5.56 Å². The van der Waals surface area contributed by atoms with E-state index in [1.54, 1.807) is 18.2 Å². The molecule has 0 saturated heterocycles. The second-order valence-corrected chi connectivity index (χ2v) is 6.99. The van der Waals surface area contributed by atoms with Crippen LogP contribution in [0.1, 0.15) is 5.56 Å². The Labute approximate surface area is 135 Å². The van der Waals surface area contributed by atoms with E-state index in [1.165, 1.54) is 25.1 Å². The fraction of sp³-hybridized carbons (Fsp3) is 0.0769. The van der Waals surface area contributed by atoms with Crippen LogP contribution < -0.4 is 4.18 Å². The van der Waals surface area contributed by atoms with E-state index in [9.17, 15) is 18.5 Å². The van der Waals surface area contributed by atoms with Crippen LogP contribution in [0.3, 0.4) is 0 Å². The molecule has 21 heavy (non-hydrogen) atoms. The summed E-state index contributed by atoms with van der Waals surface area (Å²) < 4.78 is 30.1. The van der Waals surface area contributed by atoms with Gasteiger partial charge in [0.25, 0.3) is 5.69 Å². The minimum Gasteiger partial charge on any atom is -0.379 e. The van der Waals surface area contributed by atoms with Crippen LogP contribution >= 0.6 is 22.6 Å². The van der Waals surface area contributed by atoms with Gasteiger partial charge in [-0.25, -0.2) is 0 Å². The third-order valence-electron chi connectivity index (χ3n) is 2.67. The van der Waals surface area contributed by atoms with Gasteiger partial charge in [0.15, 0.2) is 0 Å². The summed E-state index contributed by atoms with van der Waals surface area (Å²) in [5, 5.41) is 10.9. The lowest BCUT2D eigenvalue weighted by molar-refractivity contribution is -0.385. The Bertz CT molecular complexity index is 804. The van der Waals surface area contributed by atoms with Gasteiger partial charge in [0.1, 0.15) is 10.6 Å². The molecule has 0 aliphatic carbocycles. The van der Waals surface area contributed by atoms with Gasteiger partial charge in [0.05, 0.1) is 4.92 Å². The zero-order chi connectivity index (χ0) is 15.6. The fourth-order valence-electron chi connectivity index (χ4n) is 1.64. The second kappa shape index (κ2) is 5.98. The quantitative estimate of drug-likeness (QED) is 0.329. The molecule has 2 aromatic rings. The Balaban J connectivity index is 2.40. The van der Waals surface area contributed by atoms with E-state index in [0.717, 1.165) is 9.64 Å². The predicted octanol–water partition coefficient (Wildman–Crippen LogP) is 3.28. The van der Waals surface area contributed by atoms with Crippen LogP contribution in [0, 0.1) is 20.6 Å². The maximum Gasteiger partial charge on any atom is 0.339 e. The summed E-state index contributed by atoms with van der Waals surface area (Å²) in [6, 6.07) is 10.2. The molecule has 0 bridgehead atoms. The molecule has 0 amide bonds. The van der Waals surface area contributed by atoms with Crippen molar-refractivity contribution in [2.45, 2.75) is 11.8 Å². The van der Waals surface area contributed by atoms with Crippen LogP contribution in [-0.2, 0) is 10.1 Å². The van der Waals surface area contributed by atoms with Crippen LogP contribution in [0.4, 0.5) is 5.69 Å². The van der Waals surface area contributed by atoms with Gasteiger partial charge < -0.3 is 4.18 Å². The molecule has 0 aliphatic rings. The first-order valence-electron chi connectivity index (χ1n) is 5.75. The summed E-state index contributed by atoms with van der Waals surface area (Å²) in [7, 11) is -4.11. The number of halogens is 1. The van der Waals surface area contributed by atoms with Crippen LogP contribution in [0.5, 0.6) is 5.75 Å². The van der Waals surface area contributed by atoms with Crippen molar-refractivity contribution < 1.29 is 17.5 Å². The largest absolute Gasteiger partial charge is 0.379 e. The van der Waals surface area contributed by atoms with Crippen molar-refractivity contribution in [3.05, 3.63) is 61.7 Å². The van der Waals surface area contributed by atoms with E-state index < -0.39 is 15.0 Å². The zero-order valence-corrected chi connectivity index (χ0v) is 13.8. The Morgan fingerprint density at radius 1 is 1.19 bits per heavy atom. The van der Waals surface area contributed by atoms with E-state index in [1.807, 2.05) is 22.6 Å². The molecule has 0 aliphatic heterocycles. The molecule has 0 N–H and O–H groups in total. The third-order valence-corrected chi connectivity index (χ3v) is 4.58. The predicted molar refractivity (Wildman–Crippen MR) is 84.8 cm³/mol. The molecule has 0 atom stereocenters. The highest BCUT2D eigenvalue weighted by Crippen LogP contribution is 2.25. The molecule has 2 aromatic carbocycles. The molecule has 2 rings (SSSR count). The molecule has 110 valence electrons. The van der Waals surface area contributed by atoms with Crippen LogP contribution in [0.15, 0.2) is 47.4 Å². The molecule has 0 unspecified atom stereocenters. The Kier molecular flexibility index (Phi) is 4.47. The van der Waals surface area contributed by atoms with Gasteiger partial charge in [0, 0.05) is 15.2 Å². The standard InChI is InChI=1S/C13H10INO5S/c1-9-5-6-12(8-13(9)15(16)17)21(18,19)20-11-4-2-3-10(14)7-11/h2-8H,1H3. The lowest BCUT2D eigenvalue weighted by Crippen LogP contribution is -2.10. The summed E-state index contributed by atoms with van der Waals surface area (Å²) in [4.78, 5) is 10.00. The highest BCUT2D eigenvalue weighted by Gasteiger charge is 2.21. The van der Waals surface area contributed by atoms with Gasteiger partial charge in [-0.3, -0.25) is 10.1 Å². The average Bonchev–Trinajstić information content (AvgIpc) is 2.38. The van der Waals surface area contributed by atoms with Crippen molar-refractivity contribution in [3.63, 3.8) is 0 Å². The van der Waals surface area contributed by atoms with Gasteiger partial charge in [0.2, 0.25) is 0 Å². The second-order valence-electron chi connectivity index (χ2n) is 4.20. The summed E-state index contributed by atoms with van der Waals surface area (Å²) in [5.41, 5.74) is 0.121.